The molecule has 3 N–H and O–H groups in total. The topological polar surface area (TPSA) is 62.6 Å². The van der Waals surface area contributed by atoms with Crippen LogP contribution in [-0.4, -0.2) is 38.0 Å². The Morgan fingerprint density at radius 1 is 1.12 bits per heavy atom. The van der Waals surface area contributed by atoms with Crippen LogP contribution in [0.15, 0.2) is 18.2 Å². The molecule has 0 aromatic heterocycles. The van der Waals surface area contributed by atoms with Crippen LogP contribution in [-0.2, 0) is 9.59 Å². The van der Waals surface area contributed by atoms with E-state index in [0.717, 1.165) is 29.9 Å². The van der Waals surface area contributed by atoms with E-state index in [4.69, 9.17) is 0 Å². The quantitative estimate of drug-likeness (QED) is 0.751. The average Bonchev–Trinajstić information content (AvgIpc) is 2.49. The van der Waals surface area contributed by atoms with Crippen LogP contribution in [0.1, 0.15) is 31.4 Å². The van der Waals surface area contributed by atoms with E-state index in [2.05, 4.69) is 24.5 Å². The second-order valence-corrected chi connectivity index (χ2v) is 7.35. The summed E-state index contributed by atoms with van der Waals surface area (Å²) >= 11 is 0. The normalized spacial score (nSPS) is 23.6. The zero-order chi connectivity index (χ0) is 17.7. The average molecular weight is 332 g/mol. The van der Waals surface area contributed by atoms with E-state index in [1.54, 1.807) is 0 Å². The van der Waals surface area contributed by atoms with Gasteiger partial charge in [0, 0.05) is 17.5 Å². The summed E-state index contributed by atoms with van der Waals surface area (Å²) in [5, 5.41) is 5.61. The Balaban J connectivity index is 1.77. The van der Waals surface area contributed by atoms with Crippen molar-refractivity contribution in [2.75, 3.05) is 31.5 Å². The van der Waals surface area contributed by atoms with Gasteiger partial charge in [0.15, 0.2) is 6.54 Å². The van der Waals surface area contributed by atoms with Crippen LogP contribution in [0.5, 0.6) is 0 Å². The molecule has 0 unspecified atom stereocenters. The molecule has 1 aliphatic rings. The summed E-state index contributed by atoms with van der Waals surface area (Å²) in [6, 6.07) is 5.80. The summed E-state index contributed by atoms with van der Waals surface area (Å²) < 4.78 is 0. The number of likely N-dealkylation sites (tertiary alicyclic amines) is 1. The molecule has 1 aromatic carbocycles. The number of hydrogen-bond donors (Lipinski definition) is 3. The first-order valence-electron chi connectivity index (χ1n) is 8.81. The number of nitrogens with one attached hydrogen (secondary N) is 3. The number of benzene rings is 1. The van der Waals surface area contributed by atoms with Crippen molar-refractivity contribution in [2.24, 2.45) is 11.8 Å². The third-order valence-electron chi connectivity index (χ3n) is 4.81. The lowest BCUT2D eigenvalue weighted by molar-refractivity contribution is -0.904. The Hall–Kier alpha value is -1.88. The van der Waals surface area contributed by atoms with Gasteiger partial charge in [-0.1, -0.05) is 26.0 Å². The number of carbonyl (C=O) groups excluding carboxylic acids is 2. The summed E-state index contributed by atoms with van der Waals surface area (Å²) in [6.07, 6.45) is 1.24. The highest BCUT2D eigenvalue weighted by molar-refractivity contribution is 5.95. The van der Waals surface area contributed by atoms with Gasteiger partial charge in [0.2, 0.25) is 5.91 Å². The molecule has 1 fully saturated rings. The van der Waals surface area contributed by atoms with E-state index in [-0.39, 0.29) is 18.4 Å². The van der Waals surface area contributed by atoms with Gasteiger partial charge in [-0.3, -0.25) is 9.59 Å². The van der Waals surface area contributed by atoms with Crippen molar-refractivity contribution in [3.8, 4) is 0 Å². The number of piperidine rings is 1. The summed E-state index contributed by atoms with van der Waals surface area (Å²) in [5.74, 6) is 1.07. The number of anilines is 1. The molecular weight excluding hydrogens is 302 g/mol. The zero-order valence-electron chi connectivity index (χ0n) is 15.2. The van der Waals surface area contributed by atoms with Gasteiger partial charge >= 0.3 is 0 Å². The van der Waals surface area contributed by atoms with Crippen LogP contribution in [0.2, 0.25) is 0 Å². The molecule has 0 radical (unpaired) electrons. The molecule has 2 amide bonds. The van der Waals surface area contributed by atoms with Gasteiger partial charge in [0.05, 0.1) is 19.6 Å². The first-order chi connectivity index (χ1) is 11.3. The Kier molecular flexibility index (Phi) is 6.37. The first-order valence-corrected chi connectivity index (χ1v) is 8.81. The maximum Gasteiger partial charge on any atom is 0.275 e. The third-order valence-corrected chi connectivity index (χ3v) is 4.81. The summed E-state index contributed by atoms with van der Waals surface area (Å²) in [5.41, 5.74) is 2.99. The fraction of sp³-hybridized carbons (Fsp3) is 0.579. The van der Waals surface area contributed by atoms with E-state index >= 15 is 0 Å². The Labute approximate surface area is 144 Å². The largest absolute Gasteiger partial charge is 0.342 e. The van der Waals surface area contributed by atoms with E-state index in [0.29, 0.717) is 18.4 Å². The number of rotatable bonds is 5. The third kappa shape index (κ3) is 5.34. The maximum absolute atomic E-state index is 12.1. The Morgan fingerprint density at radius 2 is 1.79 bits per heavy atom. The smallest absolute Gasteiger partial charge is 0.275 e. The van der Waals surface area contributed by atoms with Gasteiger partial charge in [0.25, 0.3) is 5.91 Å². The molecule has 132 valence electrons. The molecule has 1 heterocycles. The fourth-order valence-electron chi connectivity index (χ4n) is 3.62. The molecule has 0 saturated carbocycles. The van der Waals surface area contributed by atoms with Crippen molar-refractivity contribution in [1.82, 2.24) is 5.32 Å². The number of hydrogen-bond acceptors (Lipinski definition) is 2. The lowest BCUT2D eigenvalue weighted by Crippen LogP contribution is -3.15. The minimum absolute atomic E-state index is 0.0185. The number of amides is 2. The zero-order valence-corrected chi connectivity index (χ0v) is 15.2. The SMILES string of the molecule is Cc1cccc(NC(=O)CNC(=O)C[NH+]2C[C@H](C)C[C@@H](C)C2)c1C. The van der Waals surface area contributed by atoms with Crippen molar-refractivity contribution < 1.29 is 14.5 Å². The van der Waals surface area contributed by atoms with Gasteiger partial charge in [-0.2, -0.15) is 0 Å². The molecule has 0 aliphatic carbocycles. The van der Waals surface area contributed by atoms with Crippen molar-refractivity contribution in [2.45, 2.75) is 34.1 Å². The second kappa shape index (κ2) is 8.29. The summed E-state index contributed by atoms with van der Waals surface area (Å²) in [4.78, 5) is 25.4. The van der Waals surface area contributed by atoms with Crippen LogP contribution in [0.25, 0.3) is 0 Å². The molecule has 5 nitrogen and oxygen atoms in total. The predicted molar refractivity (Wildman–Crippen MR) is 96.1 cm³/mol. The summed E-state index contributed by atoms with van der Waals surface area (Å²) in [7, 11) is 0. The maximum atomic E-state index is 12.1. The standard InChI is InChI=1S/C19H29N3O2/c1-13-8-14(2)11-22(10-13)12-19(24)20-9-18(23)21-17-7-5-6-15(3)16(17)4/h5-7,13-14H,8-12H2,1-4H3,(H,20,24)(H,21,23)/p+1/t13-,14-/m1/s1. The number of aryl methyl sites for hydroxylation is 1. The van der Waals surface area contributed by atoms with Gasteiger partial charge in [-0.05, 0) is 37.5 Å². The Bertz CT molecular complexity index is 590. The van der Waals surface area contributed by atoms with Gasteiger partial charge in [-0.25, -0.2) is 0 Å². The second-order valence-electron chi connectivity index (χ2n) is 7.35. The lowest BCUT2D eigenvalue weighted by Gasteiger charge is -2.31. The highest BCUT2D eigenvalue weighted by Crippen LogP contribution is 2.17. The van der Waals surface area contributed by atoms with Crippen LogP contribution in [0.4, 0.5) is 5.69 Å². The van der Waals surface area contributed by atoms with Crippen LogP contribution in [0, 0.1) is 25.7 Å². The number of carbonyl (C=O) groups is 2. The van der Waals surface area contributed by atoms with Crippen molar-refractivity contribution in [3.05, 3.63) is 29.3 Å². The predicted octanol–water partition coefficient (Wildman–Crippen LogP) is 0.919. The molecular formula is C19H30N3O2+. The van der Waals surface area contributed by atoms with Gasteiger partial charge < -0.3 is 15.5 Å². The molecule has 2 atom stereocenters. The van der Waals surface area contributed by atoms with Crippen molar-refractivity contribution in [3.63, 3.8) is 0 Å². The minimum Gasteiger partial charge on any atom is -0.342 e. The van der Waals surface area contributed by atoms with E-state index in [1.807, 2.05) is 32.0 Å². The molecule has 0 spiro atoms. The molecule has 1 aliphatic heterocycles. The lowest BCUT2D eigenvalue weighted by atomic mass is 9.92. The van der Waals surface area contributed by atoms with Gasteiger partial charge in [0.1, 0.15) is 0 Å². The Morgan fingerprint density at radius 3 is 2.46 bits per heavy atom. The van der Waals surface area contributed by atoms with E-state index < -0.39 is 0 Å². The van der Waals surface area contributed by atoms with Crippen molar-refractivity contribution in [1.29, 1.82) is 0 Å². The van der Waals surface area contributed by atoms with Crippen LogP contribution >= 0.6 is 0 Å². The van der Waals surface area contributed by atoms with E-state index in [9.17, 15) is 9.59 Å². The van der Waals surface area contributed by atoms with Gasteiger partial charge in [-0.15, -0.1) is 0 Å². The van der Waals surface area contributed by atoms with E-state index in [1.165, 1.54) is 11.3 Å². The fourth-order valence-corrected chi connectivity index (χ4v) is 3.62. The first kappa shape index (κ1) is 18.5. The minimum atomic E-state index is -0.188. The van der Waals surface area contributed by atoms with Crippen LogP contribution in [0.3, 0.4) is 0 Å². The molecule has 24 heavy (non-hydrogen) atoms. The van der Waals surface area contributed by atoms with Crippen molar-refractivity contribution >= 4 is 17.5 Å². The summed E-state index contributed by atoms with van der Waals surface area (Å²) in [6.45, 7) is 11.0. The molecule has 1 aromatic rings. The molecule has 1 saturated heterocycles. The molecule has 5 heteroatoms. The molecule has 0 bridgehead atoms. The van der Waals surface area contributed by atoms with Crippen LogP contribution < -0.4 is 15.5 Å². The monoisotopic (exact) mass is 332 g/mol. The highest BCUT2D eigenvalue weighted by atomic mass is 16.2. The number of quaternary nitrogens is 1. The molecule has 2 rings (SSSR count). The highest BCUT2D eigenvalue weighted by Gasteiger charge is 2.26.